The lowest BCUT2D eigenvalue weighted by atomic mass is 9.86. The average molecular weight is 1280 g/mol. The molecule has 0 aliphatic rings. The van der Waals surface area contributed by atoms with Crippen LogP contribution in [0, 0.1) is 0 Å². The van der Waals surface area contributed by atoms with Crippen LogP contribution in [0.1, 0.15) is 0 Å². The first-order valence-electron chi connectivity index (χ1n) is 34.7. The van der Waals surface area contributed by atoms with Crippen molar-refractivity contribution < 1.29 is 8.83 Å². The van der Waals surface area contributed by atoms with E-state index in [9.17, 15) is 0 Å². The Morgan fingerprint density at radius 2 is 0.426 bits per heavy atom. The minimum atomic E-state index is 0.839. The van der Waals surface area contributed by atoms with E-state index in [1.165, 1.54) is 38.2 Å². The highest BCUT2D eigenvalue weighted by molar-refractivity contribution is 6.23. The van der Waals surface area contributed by atoms with Gasteiger partial charge in [0.25, 0.3) is 0 Å². The molecule has 0 fully saturated rings. The van der Waals surface area contributed by atoms with E-state index >= 15 is 0 Å². The third-order valence-electron chi connectivity index (χ3n) is 20.7. The Kier molecular flexibility index (Phi) is 13.6. The van der Waals surface area contributed by atoms with Crippen molar-refractivity contribution in [2.75, 3.05) is 0 Å². The molecule has 0 radical (unpaired) electrons. The molecule has 20 rings (SSSR count). The van der Waals surface area contributed by atoms with Crippen molar-refractivity contribution in [2.24, 2.45) is 0 Å². The molecule has 0 atom stereocenters. The van der Waals surface area contributed by atoms with Crippen molar-refractivity contribution >= 4 is 87.2 Å². The van der Waals surface area contributed by atoms with Gasteiger partial charge in [0, 0.05) is 60.3 Å². The average Bonchev–Trinajstić information content (AvgIpc) is 1.63. The van der Waals surface area contributed by atoms with Crippen LogP contribution < -0.4 is 0 Å². The Labute approximate surface area is 584 Å². The van der Waals surface area contributed by atoms with Crippen LogP contribution in [0.4, 0.5) is 0 Å². The zero-order valence-electron chi connectivity index (χ0n) is 55.0. The second-order valence-electron chi connectivity index (χ2n) is 26.6. The van der Waals surface area contributed by atoms with E-state index in [1.807, 2.05) is 0 Å². The number of hydrogen-bond acceptors (Lipinski definition) is 2. The number of hydrogen-bond donors (Lipinski definition) is 0. The van der Waals surface area contributed by atoms with Crippen molar-refractivity contribution in [2.45, 2.75) is 0 Å². The standard InChI is InChI=1S/C98H61NO2/c1-8-27-62(28-9-1)72-54-81(66-35-16-5-17-36-66)95-87(58-72)89-60-74(64-31-12-3-13-32-64)56-83(97(89)100-95)69-47-49-91-85(52-69)86-53-70(48-50-92(86)99(91)76-42-26-41-71(51-76)94-79-45-24-22-43-77(79)93(68-39-20-7-21-40-68)78-44-23-25-46-80(78)94)84-57-75(65-33-14-4-15-34-65)61-90-88-59-73(63-29-10-2-11-30-63)55-82(96(88)101-98(84)90)67-37-18-6-19-38-67/h1-61H. The van der Waals surface area contributed by atoms with Crippen LogP contribution in [0.15, 0.2) is 379 Å². The molecular formula is C98H61NO2. The molecule has 470 valence electrons. The van der Waals surface area contributed by atoms with E-state index in [0.717, 1.165) is 166 Å². The highest BCUT2D eigenvalue weighted by atomic mass is 16.3. The minimum Gasteiger partial charge on any atom is -0.455 e. The van der Waals surface area contributed by atoms with Crippen LogP contribution in [0.25, 0.3) is 204 Å². The maximum absolute atomic E-state index is 7.47. The van der Waals surface area contributed by atoms with Crippen LogP contribution in [0.2, 0.25) is 0 Å². The monoisotopic (exact) mass is 1280 g/mol. The van der Waals surface area contributed by atoms with Crippen molar-refractivity contribution in [3.8, 4) is 117 Å². The summed E-state index contributed by atoms with van der Waals surface area (Å²) in [6.45, 7) is 0. The summed E-state index contributed by atoms with van der Waals surface area (Å²) < 4.78 is 17.4. The number of rotatable bonds is 11. The second-order valence-corrected chi connectivity index (χ2v) is 26.6. The minimum absolute atomic E-state index is 0.839. The Hall–Kier alpha value is -13.3. The fraction of sp³-hybridized carbons (Fsp3) is 0. The summed E-state index contributed by atoms with van der Waals surface area (Å²) in [5.74, 6) is 0. The summed E-state index contributed by atoms with van der Waals surface area (Å²) in [6, 6.07) is 135. The summed E-state index contributed by atoms with van der Waals surface area (Å²) in [6.07, 6.45) is 0. The molecule has 0 amide bonds. The van der Waals surface area contributed by atoms with Gasteiger partial charge in [0.05, 0.1) is 11.0 Å². The summed E-state index contributed by atoms with van der Waals surface area (Å²) in [5.41, 5.74) is 28.9. The van der Waals surface area contributed by atoms with Crippen LogP contribution >= 0.6 is 0 Å². The largest absolute Gasteiger partial charge is 0.455 e. The molecule has 3 nitrogen and oxygen atoms in total. The van der Waals surface area contributed by atoms with E-state index < -0.39 is 0 Å². The van der Waals surface area contributed by atoms with Gasteiger partial charge in [-0.3, -0.25) is 0 Å². The van der Waals surface area contributed by atoms with Gasteiger partial charge in [-0.05, 0) is 195 Å². The molecule has 0 saturated carbocycles. The first kappa shape index (κ1) is 57.9. The van der Waals surface area contributed by atoms with Crippen LogP contribution in [0.3, 0.4) is 0 Å². The lowest BCUT2D eigenvalue weighted by Gasteiger charge is -2.18. The molecule has 0 N–H and O–H groups in total. The Balaban J connectivity index is 0.860. The van der Waals surface area contributed by atoms with Gasteiger partial charge in [0.1, 0.15) is 22.3 Å². The molecule has 17 aromatic carbocycles. The molecule has 101 heavy (non-hydrogen) atoms. The molecule has 3 aromatic heterocycles. The molecule has 0 aliphatic carbocycles. The van der Waals surface area contributed by atoms with Crippen molar-refractivity contribution in [1.29, 1.82) is 0 Å². The van der Waals surface area contributed by atoms with Crippen molar-refractivity contribution in [3.63, 3.8) is 0 Å². The maximum Gasteiger partial charge on any atom is 0.143 e. The van der Waals surface area contributed by atoms with Gasteiger partial charge < -0.3 is 13.4 Å². The van der Waals surface area contributed by atoms with E-state index in [-0.39, 0.29) is 0 Å². The molecule has 0 spiro atoms. The maximum atomic E-state index is 7.47. The zero-order valence-corrected chi connectivity index (χ0v) is 55.0. The van der Waals surface area contributed by atoms with Crippen LogP contribution in [0.5, 0.6) is 0 Å². The summed E-state index contributed by atoms with van der Waals surface area (Å²) >= 11 is 0. The van der Waals surface area contributed by atoms with Gasteiger partial charge in [-0.2, -0.15) is 0 Å². The molecular weight excluding hydrogens is 1220 g/mol. The molecule has 0 unspecified atom stereocenters. The highest BCUT2D eigenvalue weighted by Crippen LogP contribution is 2.50. The first-order valence-corrected chi connectivity index (χ1v) is 34.7. The Morgan fingerprint density at radius 3 is 0.762 bits per heavy atom. The Bertz CT molecular complexity index is 6270. The number of furan rings is 2. The van der Waals surface area contributed by atoms with Crippen molar-refractivity contribution in [1.82, 2.24) is 4.57 Å². The van der Waals surface area contributed by atoms with E-state index in [2.05, 4.69) is 375 Å². The second kappa shape index (κ2) is 23.7. The van der Waals surface area contributed by atoms with Gasteiger partial charge in [-0.25, -0.2) is 0 Å². The molecule has 3 heterocycles. The first-order chi connectivity index (χ1) is 50.1. The number of fused-ring (bicyclic) bond motifs is 11. The lowest BCUT2D eigenvalue weighted by Crippen LogP contribution is -1.96. The molecule has 20 aromatic rings. The SMILES string of the molecule is c1ccc(-c2cc(-c3ccccc3)c3oc4c(-c5ccc6c(c5)c5cc(-c7cc(-c8ccccc8)cc8c7oc7c(-c9ccccc9)cc(-c9ccccc9)cc78)ccc5n6-c5cccc(-c6c7ccccc7c(-c7ccccc7)c7ccccc67)c5)cc(-c5ccccc5)cc4c3c2)cc1. The Morgan fingerprint density at radius 1 is 0.158 bits per heavy atom. The lowest BCUT2D eigenvalue weighted by molar-refractivity contribution is 0.671. The summed E-state index contributed by atoms with van der Waals surface area (Å²) in [7, 11) is 0. The molecule has 0 aliphatic heterocycles. The van der Waals surface area contributed by atoms with Crippen LogP contribution in [-0.4, -0.2) is 4.57 Å². The topological polar surface area (TPSA) is 31.2 Å². The molecule has 0 bridgehead atoms. The normalized spacial score (nSPS) is 11.8. The number of nitrogens with zero attached hydrogens (tertiary/aromatic N) is 1. The van der Waals surface area contributed by atoms with E-state index in [4.69, 9.17) is 8.83 Å². The van der Waals surface area contributed by atoms with Gasteiger partial charge in [0.2, 0.25) is 0 Å². The quantitative estimate of drug-likeness (QED) is 0.121. The van der Waals surface area contributed by atoms with Gasteiger partial charge >= 0.3 is 0 Å². The highest BCUT2D eigenvalue weighted by Gasteiger charge is 2.26. The molecule has 3 heteroatoms. The third kappa shape index (κ3) is 9.73. The zero-order chi connectivity index (χ0) is 66.5. The fourth-order valence-electron chi connectivity index (χ4n) is 16.0. The van der Waals surface area contributed by atoms with Crippen molar-refractivity contribution in [3.05, 3.63) is 370 Å². The number of aromatic nitrogens is 1. The van der Waals surface area contributed by atoms with Gasteiger partial charge in [-0.15, -0.1) is 0 Å². The van der Waals surface area contributed by atoms with E-state index in [0.29, 0.717) is 0 Å². The van der Waals surface area contributed by atoms with Gasteiger partial charge in [0.15, 0.2) is 0 Å². The molecule has 0 saturated heterocycles. The van der Waals surface area contributed by atoms with Gasteiger partial charge in [-0.1, -0.05) is 285 Å². The van der Waals surface area contributed by atoms with Crippen LogP contribution in [-0.2, 0) is 0 Å². The smallest absolute Gasteiger partial charge is 0.143 e. The third-order valence-corrected chi connectivity index (χ3v) is 20.7. The fourth-order valence-corrected chi connectivity index (χ4v) is 16.0. The summed E-state index contributed by atoms with van der Waals surface area (Å²) in [5, 5.41) is 11.3. The number of benzene rings is 17. The predicted molar refractivity (Wildman–Crippen MR) is 425 cm³/mol. The van der Waals surface area contributed by atoms with E-state index in [1.54, 1.807) is 0 Å². The predicted octanol–water partition coefficient (Wildman–Crippen LogP) is 27.6. The summed E-state index contributed by atoms with van der Waals surface area (Å²) in [4.78, 5) is 0.